The van der Waals surface area contributed by atoms with E-state index < -0.39 is 0 Å². The number of imide groups is 1. The van der Waals surface area contributed by atoms with Crippen LogP contribution in [-0.2, 0) is 9.59 Å². The Bertz CT molecular complexity index is 780. The molecule has 0 aromatic heterocycles. The molecule has 4 heteroatoms. The van der Waals surface area contributed by atoms with Gasteiger partial charge in [0.1, 0.15) is 5.70 Å². The van der Waals surface area contributed by atoms with Crippen molar-refractivity contribution in [2.75, 3.05) is 11.9 Å². The molecule has 3 rings (SSSR count). The average molecular weight is 320 g/mol. The second-order valence-corrected chi connectivity index (χ2v) is 6.22. The van der Waals surface area contributed by atoms with Crippen molar-refractivity contribution >= 4 is 23.1 Å². The van der Waals surface area contributed by atoms with Crippen LogP contribution >= 0.6 is 0 Å². The van der Waals surface area contributed by atoms with Crippen LogP contribution in [0, 0.1) is 5.92 Å². The van der Waals surface area contributed by atoms with E-state index in [1.54, 1.807) is 0 Å². The Labute approximate surface area is 141 Å². The summed E-state index contributed by atoms with van der Waals surface area (Å²) in [6.07, 6.45) is 0. The van der Waals surface area contributed by atoms with Crippen molar-refractivity contribution in [1.82, 2.24) is 4.90 Å². The summed E-state index contributed by atoms with van der Waals surface area (Å²) in [6.45, 7) is 4.39. The van der Waals surface area contributed by atoms with Crippen LogP contribution in [0.15, 0.2) is 66.4 Å². The maximum absolute atomic E-state index is 12.9. The van der Waals surface area contributed by atoms with Crippen LogP contribution in [-0.4, -0.2) is 23.3 Å². The Kier molecular flexibility index (Phi) is 4.47. The summed E-state index contributed by atoms with van der Waals surface area (Å²) in [5, 5.41) is 3.14. The lowest BCUT2D eigenvalue weighted by molar-refractivity contribution is -0.137. The predicted octanol–water partition coefficient (Wildman–Crippen LogP) is 3.53. The number of hydrogen-bond donors (Lipinski definition) is 1. The van der Waals surface area contributed by atoms with Crippen LogP contribution in [0.2, 0.25) is 0 Å². The first kappa shape index (κ1) is 16.0. The molecule has 0 aliphatic carbocycles. The smallest absolute Gasteiger partial charge is 0.278 e. The van der Waals surface area contributed by atoms with E-state index in [2.05, 4.69) is 5.32 Å². The Morgan fingerprint density at radius 2 is 1.46 bits per heavy atom. The Morgan fingerprint density at radius 3 is 2.04 bits per heavy atom. The SMILES string of the molecule is CC(C)CN1C(=O)C(Nc2ccccc2)=C(c2ccccc2)C1=O. The molecule has 0 spiro atoms. The molecule has 0 fully saturated rings. The molecule has 122 valence electrons. The molecule has 0 saturated heterocycles. The lowest BCUT2D eigenvalue weighted by Crippen LogP contribution is -2.35. The van der Waals surface area contributed by atoms with Crippen molar-refractivity contribution < 1.29 is 9.59 Å². The van der Waals surface area contributed by atoms with Crippen molar-refractivity contribution in [2.24, 2.45) is 5.92 Å². The fourth-order valence-electron chi connectivity index (χ4n) is 2.76. The van der Waals surface area contributed by atoms with Gasteiger partial charge in [-0.3, -0.25) is 14.5 Å². The van der Waals surface area contributed by atoms with Crippen LogP contribution in [0.5, 0.6) is 0 Å². The van der Waals surface area contributed by atoms with E-state index >= 15 is 0 Å². The minimum Gasteiger partial charge on any atom is -0.350 e. The van der Waals surface area contributed by atoms with Gasteiger partial charge in [0.25, 0.3) is 11.8 Å². The lowest BCUT2D eigenvalue weighted by atomic mass is 10.0. The average Bonchev–Trinajstić information content (AvgIpc) is 2.81. The summed E-state index contributed by atoms with van der Waals surface area (Å²) >= 11 is 0. The van der Waals surface area contributed by atoms with Gasteiger partial charge in [-0.05, 0) is 23.6 Å². The highest BCUT2D eigenvalue weighted by Crippen LogP contribution is 2.30. The number of hydrogen-bond acceptors (Lipinski definition) is 3. The summed E-state index contributed by atoms with van der Waals surface area (Å²) in [5.41, 5.74) is 2.32. The molecular weight excluding hydrogens is 300 g/mol. The molecule has 0 bridgehead atoms. The number of anilines is 1. The molecule has 0 atom stereocenters. The standard InChI is InChI=1S/C20H20N2O2/c1-14(2)13-22-19(23)17(15-9-5-3-6-10-15)18(20(22)24)21-16-11-7-4-8-12-16/h3-12,14,21H,13H2,1-2H3. The van der Waals surface area contributed by atoms with Gasteiger partial charge in [0.05, 0.1) is 5.57 Å². The van der Waals surface area contributed by atoms with E-state index in [4.69, 9.17) is 0 Å². The first-order chi connectivity index (χ1) is 11.6. The largest absolute Gasteiger partial charge is 0.350 e. The van der Waals surface area contributed by atoms with Gasteiger partial charge < -0.3 is 5.32 Å². The lowest BCUT2D eigenvalue weighted by Gasteiger charge is -2.17. The van der Waals surface area contributed by atoms with Crippen LogP contribution < -0.4 is 5.32 Å². The number of nitrogens with one attached hydrogen (secondary N) is 1. The van der Waals surface area contributed by atoms with Crippen LogP contribution in [0.1, 0.15) is 19.4 Å². The summed E-state index contributed by atoms with van der Waals surface area (Å²) in [7, 11) is 0. The predicted molar refractivity (Wildman–Crippen MR) is 95.0 cm³/mol. The normalized spacial score (nSPS) is 14.7. The molecule has 0 radical (unpaired) electrons. The van der Waals surface area contributed by atoms with Gasteiger partial charge in [-0.1, -0.05) is 62.4 Å². The van der Waals surface area contributed by atoms with E-state index in [0.29, 0.717) is 17.8 Å². The van der Waals surface area contributed by atoms with E-state index in [1.165, 1.54) is 4.90 Å². The van der Waals surface area contributed by atoms with Gasteiger partial charge >= 0.3 is 0 Å². The number of carbonyl (C=O) groups is 2. The van der Waals surface area contributed by atoms with Gasteiger partial charge in [-0.15, -0.1) is 0 Å². The highest BCUT2D eigenvalue weighted by Gasteiger charge is 2.39. The highest BCUT2D eigenvalue weighted by molar-refractivity contribution is 6.36. The van der Waals surface area contributed by atoms with Gasteiger partial charge in [-0.2, -0.15) is 0 Å². The summed E-state index contributed by atoms with van der Waals surface area (Å²) < 4.78 is 0. The number of nitrogens with zero attached hydrogens (tertiary/aromatic N) is 1. The second kappa shape index (κ2) is 6.71. The number of rotatable bonds is 5. The number of para-hydroxylation sites is 1. The maximum Gasteiger partial charge on any atom is 0.278 e. The van der Waals surface area contributed by atoms with Gasteiger partial charge in [0.15, 0.2) is 0 Å². The second-order valence-electron chi connectivity index (χ2n) is 6.22. The van der Waals surface area contributed by atoms with Crippen molar-refractivity contribution in [1.29, 1.82) is 0 Å². The zero-order valence-electron chi connectivity index (χ0n) is 13.8. The monoisotopic (exact) mass is 320 g/mol. The minimum atomic E-state index is -0.267. The highest BCUT2D eigenvalue weighted by atomic mass is 16.2. The van der Waals surface area contributed by atoms with Crippen molar-refractivity contribution in [3.63, 3.8) is 0 Å². The Hall–Kier alpha value is -2.88. The van der Waals surface area contributed by atoms with Crippen LogP contribution in [0.3, 0.4) is 0 Å². The van der Waals surface area contributed by atoms with Crippen LogP contribution in [0.25, 0.3) is 5.57 Å². The summed E-state index contributed by atoms with van der Waals surface area (Å²) in [5.74, 6) is -0.291. The minimum absolute atomic E-state index is 0.214. The number of carbonyl (C=O) groups excluding carboxylic acids is 2. The molecule has 0 unspecified atom stereocenters. The molecule has 1 aliphatic rings. The summed E-state index contributed by atoms with van der Waals surface area (Å²) in [4.78, 5) is 27.0. The van der Waals surface area contributed by atoms with E-state index in [9.17, 15) is 9.59 Å². The first-order valence-electron chi connectivity index (χ1n) is 8.06. The summed E-state index contributed by atoms with van der Waals surface area (Å²) in [6, 6.07) is 18.8. The molecule has 1 aliphatic heterocycles. The number of benzene rings is 2. The maximum atomic E-state index is 12.9. The number of amides is 2. The first-order valence-corrected chi connectivity index (χ1v) is 8.06. The third kappa shape index (κ3) is 3.08. The van der Waals surface area contributed by atoms with E-state index in [0.717, 1.165) is 11.3 Å². The van der Waals surface area contributed by atoms with Crippen molar-refractivity contribution in [2.45, 2.75) is 13.8 Å². The fourth-order valence-corrected chi connectivity index (χ4v) is 2.76. The van der Waals surface area contributed by atoms with Crippen LogP contribution in [0.4, 0.5) is 5.69 Å². The topological polar surface area (TPSA) is 49.4 Å². The molecular formula is C20H20N2O2. The Morgan fingerprint density at radius 1 is 0.875 bits per heavy atom. The quantitative estimate of drug-likeness (QED) is 0.857. The van der Waals surface area contributed by atoms with E-state index in [-0.39, 0.29) is 17.7 Å². The van der Waals surface area contributed by atoms with Gasteiger partial charge in [-0.25, -0.2) is 0 Å². The molecule has 24 heavy (non-hydrogen) atoms. The van der Waals surface area contributed by atoms with Crippen molar-refractivity contribution in [3.8, 4) is 0 Å². The molecule has 2 amide bonds. The van der Waals surface area contributed by atoms with Gasteiger partial charge in [0, 0.05) is 12.2 Å². The van der Waals surface area contributed by atoms with E-state index in [1.807, 2.05) is 74.5 Å². The molecule has 2 aromatic rings. The fraction of sp³-hybridized carbons (Fsp3) is 0.200. The Balaban J connectivity index is 2.04. The molecule has 0 saturated carbocycles. The third-order valence-electron chi connectivity index (χ3n) is 3.82. The molecule has 2 aromatic carbocycles. The molecule has 1 heterocycles. The molecule has 1 N–H and O–H groups in total. The third-order valence-corrected chi connectivity index (χ3v) is 3.82. The molecule has 4 nitrogen and oxygen atoms in total. The van der Waals surface area contributed by atoms with Gasteiger partial charge in [0.2, 0.25) is 0 Å². The van der Waals surface area contributed by atoms with Crippen molar-refractivity contribution in [3.05, 3.63) is 71.9 Å². The zero-order chi connectivity index (χ0) is 17.1. The zero-order valence-corrected chi connectivity index (χ0v) is 13.8.